The maximum atomic E-state index is 13.3. The molecule has 0 aliphatic heterocycles. The standard InChI is InChI=1S/C25H22N4O3/c1-2-16-26-23(30)20-14-8-9-15-21(20)27-24(31)22-18-12-6-7-13-19(18)25(32)29(28-22)17-10-4-3-5-11-17/h3-15H,2,16H2,1H3,(H,26,30)(H,27,31). The van der Waals surface area contributed by atoms with Gasteiger partial charge in [0.25, 0.3) is 17.4 Å². The molecule has 160 valence electrons. The number of carbonyl (C=O) groups excluding carboxylic acids is 2. The second-order valence-electron chi connectivity index (χ2n) is 7.20. The normalized spacial score (nSPS) is 10.7. The van der Waals surface area contributed by atoms with Crippen LogP contribution in [0.4, 0.5) is 5.69 Å². The average molecular weight is 426 g/mol. The summed E-state index contributed by atoms with van der Waals surface area (Å²) in [5, 5.41) is 10.8. The zero-order valence-corrected chi connectivity index (χ0v) is 17.5. The number of nitrogens with zero attached hydrogens (tertiary/aromatic N) is 2. The molecule has 4 aromatic rings. The molecule has 0 aliphatic rings. The van der Waals surface area contributed by atoms with Crippen molar-refractivity contribution in [3.05, 3.63) is 100 Å². The van der Waals surface area contributed by atoms with Gasteiger partial charge in [-0.1, -0.05) is 55.5 Å². The molecular weight excluding hydrogens is 404 g/mol. The predicted molar refractivity (Wildman–Crippen MR) is 124 cm³/mol. The summed E-state index contributed by atoms with van der Waals surface area (Å²) in [5.41, 5.74) is 1.05. The first-order valence-electron chi connectivity index (χ1n) is 10.4. The molecule has 0 saturated heterocycles. The van der Waals surface area contributed by atoms with Gasteiger partial charge in [0.05, 0.1) is 22.3 Å². The smallest absolute Gasteiger partial charge is 0.279 e. The summed E-state index contributed by atoms with van der Waals surface area (Å²) >= 11 is 0. The van der Waals surface area contributed by atoms with Crippen LogP contribution in [-0.4, -0.2) is 28.1 Å². The summed E-state index contributed by atoms with van der Waals surface area (Å²) in [6, 6.07) is 22.6. The van der Waals surface area contributed by atoms with Crippen LogP contribution in [0.2, 0.25) is 0 Å². The summed E-state index contributed by atoms with van der Waals surface area (Å²) in [4.78, 5) is 38.8. The fraction of sp³-hybridized carbons (Fsp3) is 0.120. The number of aromatic nitrogens is 2. The largest absolute Gasteiger partial charge is 0.352 e. The van der Waals surface area contributed by atoms with E-state index < -0.39 is 5.91 Å². The SMILES string of the molecule is CCCNC(=O)c1ccccc1NC(=O)c1nn(-c2ccccc2)c(=O)c2ccccc12. The molecule has 4 rings (SSSR count). The molecule has 2 amide bonds. The number of fused-ring (bicyclic) bond motifs is 1. The molecule has 32 heavy (non-hydrogen) atoms. The molecule has 0 unspecified atom stereocenters. The molecule has 0 atom stereocenters. The minimum Gasteiger partial charge on any atom is -0.352 e. The fourth-order valence-corrected chi connectivity index (χ4v) is 3.41. The van der Waals surface area contributed by atoms with Crippen molar-refractivity contribution in [1.29, 1.82) is 0 Å². The van der Waals surface area contributed by atoms with Gasteiger partial charge in [-0.15, -0.1) is 0 Å². The predicted octanol–water partition coefficient (Wildman–Crippen LogP) is 3.78. The van der Waals surface area contributed by atoms with Crippen LogP contribution in [-0.2, 0) is 0 Å². The second-order valence-corrected chi connectivity index (χ2v) is 7.20. The van der Waals surface area contributed by atoms with Crippen molar-refractivity contribution in [1.82, 2.24) is 15.1 Å². The Labute approximate surface area is 184 Å². The van der Waals surface area contributed by atoms with Crippen LogP contribution in [0.25, 0.3) is 16.5 Å². The number of para-hydroxylation sites is 2. The highest BCUT2D eigenvalue weighted by Gasteiger charge is 2.19. The van der Waals surface area contributed by atoms with Crippen LogP contribution in [0.1, 0.15) is 34.2 Å². The van der Waals surface area contributed by atoms with E-state index in [2.05, 4.69) is 15.7 Å². The van der Waals surface area contributed by atoms with Crippen LogP contribution in [0.5, 0.6) is 0 Å². The van der Waals surface area contributed by atoms with E-state index in [0.29, 0.717) is 34.3 Å². The van der Waals surface area contributed by atoms with Gasteiger partial charge in [0, 0.05) is 11.9 Å². The molecule has 0 saturated carbocycles. The van der Waals surface area contributed by atoms with Gasteiger partial charge < -0.3 is 10.6 Å². The van der Waals surface area contributed by atoms with E-state index in [1.54, 1.807) is 72.8 Å². The van der Waals surface area contributed by atoms with Crippen molar-refractivity contribution in [2.75, 3.05) is 11.9 Å². The van der Waals surface area contributed by atoms with E-state index in [1.165, 1.54) is 4.68 Å². The van der Waals surface area contributed by atoms with E-state index >= 15 is 0 Å². The molecule has 7 nitrogen and oxygen atoms in total. The first-order valence-corrected chi connectivity index (χ1v) is 10.4. The van der Waals surface area contributed by atoms with Crippen molar-refractivity contribution in [3.63, 3.8) is 0 Å². The number of benzene rings is 3. The van der Waals surface area contributed by atoms with Gasteiger partial charge in [0.15, 0.2) is 5.69 Å². The summed E-state index contributed by atoms with van der Waals surface area (Å²) in [6.07, 6.45) is 0.803. The second kappa shape index (κ2) is 9.26. The van der Waals surface area contributed by atoms with Crippen molar-refractivity contribution in [2.24, 2.45) is 0 Å². The third-order valence-corrected chi connectivity index (χ3v) is 4.98. The van der Waals surface area contributed by atoms with E-state index in [4.69, 9.17) is 0 Å². The minimum atomic E-state index is -0.512. The van der Waals surface area contributed by atoms with Crippen molar-refractivity contribution in [2.45, 2.75) is 13.3 Å². The Bertz CT molecular complexity index is 1350. The third kappa shape index (κ3) is 4.13. The first-order chi connectivity index (χ1) is 15.6. The van der Waals surface area contributed by atoms with Crippen LogP contribution in [0.15, 0.2) is 83.7 Å². The maximum absolute atomic E-state index is 13.3. The number of carbonyl (C=O) groups is 2. The Balaban J connectivity index is 1.78. The molecule has 7 heteroatoms. The molecule has 0 radical (unpaired) electrons. The first kappa shape index (κ1) is 21.0. The van der Waals surface area contributed by atoms with E-state index in [-0.39, 0.29) is 17.2 Å². The van der Waals surface area contributed by atoms with Gasteiger partial charge in [-0.2, -0.15) is 9.78 Å². The molecule has 1 aromatic heterocycles. The fourth-order valence-electron chi connectivity index (χ4n) is 3.41. The molecular formula is C25H22N4O3. The number of nitrogens with one attached hydrogen (secondary N) is 2. The summed E-state index contributed by atoms with van der Waals surface area (Å²) in [7, 11) is 0. The van der Waals surface area contributed by atoms with Crippen LogP contribution < -0.4 is 16.2 Å². The lowest BCUT2D eigenvalue weighted by Crippen LogP contribution is -2.28. The highest BCUT2D eigenvalue weighted by atomic mass is 16.2. The van der Waals surface area contributed by atoms with Crippen molar-refractivity contribution < 1.29 is 9.59 Å². The molecule has 0 spiro atoms. The Morgan fingerprint density at radius 2 is 1.50 bits per heavy atom. The molecule has 0 fully saturated rings. The lowest BCUT2D eigenvalue weighted by Gasteiger charge is -2.13. The van der Waals surface area contributed by atoms with Gasteiger partial charge in [-0.25, -0.2) is 0 Å². The Morgan fingerprint density at radius 1 is 0.844 bits per heavy atom. The van der Waals surface area contributed by atoms with Gasteiger partial charge in [0.2, 0.25) is 0 Å². The zero-order chi connectivity index (χ0) is 22.5. The molecule has 0 aliphatic carbocycles. The molecule has 1 heterocycles. The van der Waals surface area contributed by atoms with Gasteiger partial charge >= 0.3 is 0 Å². The Kier molecular flexibility index (Phi) is 6.07. The average Bonchev–Trinajstić information content (AvgIpc) is 2.83. The van der Waals surface area contributed by atoms with Crippen molar-refractivity contribution >= 4 is 28.3 Å². The minimum absolute atomic E-state index is 0.0906. The number of anilines is 1. The Morgan fingerprint density at radius 3 is 2.25 bits per heavy atom. The highest BCUT2D eigenvalue weighted by Crippen LogP contribution is 2.19. The summed E-state index contributed by atoms with van der Waals surface area (Å²) in [5.74, 6) is -0.781. The number of amides is 2. The zero-order valence-electron chi connectivity index (χ0n) is 17.5. The van der Waals surface area contributed by atoms with Crippen LogP contribution in [0.3, 0.4) is 0 Å². The van der Waals surface area contributed by atoms with Gasteiger partial charge in [-0.3, -0.25) is 14.4 Å². The van der Waals surface area contributed by atoms with E-state index in [1.807, 2.05) is 13.0 Å². The molecule has 2 N–H and O–H groups in total. The summed E-state index contributed by atoms with van der Waals surface area (Å²) < 4.78 is 1.22. The number of hydrogen-bond donors (Lipinski definition) is 2. The van der Waals surface area contributed by atoms with E-state index in [9.17, 15) is 14.4 Å². The van der Waals surface area contributed by atoms with Crippen molar-refractivity contribution in [3.8, 4) is 5.69 Å². The maximum Gasteiger partial charge on any atom is 0.279 e. The highest BCUT2D eigenvalue weighted by molar-refractivity contribution is 6.13. The summed E-state index contributed by atoms with van der Waals surface area (Å²) in [6.45, 7) is 2.50. The topological polar surface area (TPSA) is 93.1 Å². The van der Waals surface area contributed by atoms with Gasteiger partial charge in [-0.05, 0) is 36.8 Å². The van der Waals surface area contributed by atoms with Gasteiger partial charge in [0.1, 0.15) is 0 Å². The number of hydrogen-bond acceptors (Lipinski definition) is 4. The quantitative estimate of drug-likeness (QED) is 0.491. The Hall–Kier alpha value is -4.26. The monoisotopic (exact) mass is 426 g/mol. The lowest BCUT2D eigenvalue weighted by molar-refractivity contribution is 0.0954. The third-order valence-electron chi connectivity index (χ3n) is 4.98. The molecule has 0 bridgehead atoms. The lowest BCUT2D eigenvalue weighted by atomic mass is 10.1. The number of rotatable bonds is 6. The molecule has 3 aromatic carbocycles. The van der Waals surface area contributed by atoms with E-state index in [0.717, 1.165) is 6.42 Å². The van der Waals surface area contributed by atoms with Crippen LogP contribution >= 0.6 is 0 Å². The van der Waals surface area contributed by atoms with Crippen LogP contribution in [0, 0.1) is 0 Å².